The van der Waals surface area contributed by atoms with E-state index < -0.39 is 0 Å². The van der Waals surface area contributed by atoms with Crippen LogP contribution in [0.25, 0.3) is 0 Å². The zero-order valence-electron chi connectivity index (χ0n) is 13.1. The molecule has 0 bridgehead atoms. The number of amides is 1. The second-order valence-corrected chi connectivity index (χ2v) is 6.01. The summed E-state index contributed by atoms with van der Waals surface area (Å²) in [7, 11) is 1.95. The monoisotopic (exact) mass is 316 g/mol. The first-order chi connectivity index (χ1) is 10.5. The Kier molecular flexibility index (Phi) is 5.58. The van der Waals surface area contributed by atoms with E-state index in [-0.39, 0.29) is 11.9 Å². The van der Waals surface area contributed by atoms with Gasteiger partial charge in [-0.25, -0.2) is 0 Å². The minimum atomic E-state index is -0.236. The third kappa shape index (κ3) is 4.58. The van der Waals surface area contributed by atoms with Gasteiger partial charge in [0.25, 0.3) is 0 Å². The molecule has 0 aliphatic carbocycles. The molecule has 3 nitrogen and oxygen atoms in total. The van der Waals surface area contributed by atoms with Gasteiger partial charge in [-0.05, 0) is 44.7 Å². The topological polar surface area (TPSA) is 32.3 Å². The zero-order valence-corrected chi connectivity index (χ0v) is 13.9. The summed E-state index contributed by atoms with van der Waals surface area (Å²) in [5.74, 6) is -0.0446. The number of hydrogen-bond donors (Lipinski definition) is 1. The number of aryl methyl sites for hydroxylation is 1. The lowest BCUT2D eigenvalue weighted by Crippen LogP contribution is -2.39. The molecule has 0 saturated carbocycles. The molecule has 116 valence electrons. The summed E-state index contributed by atoms with van der Waals surface area (Å²) in [6.07, 6.45) is 0. The highest BCUT2D eigenvalue weighted by atomic mass is 35.5. The highest BCUT2D eigenvalue weighted by Crippen LogP contribution is 2.16. The molecule has 22 heavy (non-hydrogen) atoms. The first-order valence-electron chi connectivity index (χ1n) is 7.28. The van der Waals surface area contributed by atoms with Gasteiger partial charge in [0.2, 0.25) is 5.91 Å². The van der Waals surface area contributed by atoms with Crippen LogP contribution in [-0.2, 0) is 11.3 Å². The molecule has 2 rings (SSSR count). The lowest BCUT2D eigenvalue weighted by Gasteiger charge is -2.24. The number of anilines is 1. The fraction of sp³-hybridized carbons (Fsp3) is 0.278. The van der Waals surface area contributed by atoms with Crippen molar-refractivity contribution in [2.45, 2.75) is 26.4 Å². The molecule has 1 atom stereocenters. The number of benzene rings is 2. The third-order valence-corrected chi connectivity index (χ3v) is 3.92. The Labute approximate surface area is 136 Å². The molecule has 0 spiro atoms. The van der Waals surface area contributed by atoms with E-state index in [0.29, 0.717) is 10.7 Å². The Balaban J connectivity index is 1.95. The summed E-state index contributed by atoms with van der Waals surface area (Å²) in [6.45, 7) is 4.69. The molecule has 0 saturated heterocycles. The van der Waals surface area contributed by atoms with Crippen LogP contribution in [0.5, 0.6) is 0 Å². The van der Waals surface area contributed by atoms with E-state index in [1.165, 1.54) is 11.1 Å². The van der Waals surface area contributed by atoms with Crippen molar-refractivity contribution < 1.29 is 4.79 Å². The number of carbonyl (C=O) groups is 1. The fourth-order valence-corrected chi connectivity index (χ4v) is 2.32. The van der Waals surface area contributed by atoms with Gasteiger partial charge in [0.1, 0.15) is 0 Å². The van der Waals surface area contributed by atoms with Crippen LogP contribution in [0.1, 0.15) is 18.1 Å². The second-order valence-electron chi connectivity index (χ2n) is 5.58. The van der Waals surface area contributed by atoms with Crippen LogP contribution in [-0.4, -0.2) is 23.9 Å². The predicted octanol–water partition coefficient (Wildman–Crippen LogP) is 4.11. The van der Waals surface area contributed by atoms with E-state index in [9.17, 15) is 4.79 Å². The average molecular weight is 317 g/mol. The highest BCUT2D eigenvalue weighted by molar-refractivity contribution is 6.30. The lowest BCUT2D eigenvalue weighted by molar-refractivity contribution is -0.120. The van der Waals surface area contributed by atoms with Crippen molar-refractivity contribution in [3.8, 4) is 0 Å². The standard InChI is InChI=1S/C18H21ClN2O/c1-13-7-9-15(10-8-13)12-21(3)14(2)18(22)20-17-6-4-5-16(19)11-17/h4-11,14H,12H2,1-3H3,(H,20,22). The smallest absolute Gasteiger partial charge is 0.241 e. The molecule has 1 N–H and O–H groups in total. The third-order valence-electron chi connectivity index (χ3n) is 3.69. The molecule has 0 aromatic heterocycles. The molecule has 1 unspecified atom stereocenters. The zero-order chi connectivity index (χ0) is 16.1. The molecule has 1 amide bonds. The van der Waals surface area contributed by atoms with Gasteiger partial charge in [-0.15, -0.1) is 0 Å². The van der Waals surface area contributed by atoms with E-state index in [1.54, 1.807) is 12.1 Å². The van der Waals surface area contributed by atoms with E-state index in [4.69, 9.17) is 11.6 Å². The maximum Gasteiger partial charge on any atom is 0.241 e. The van der Waals surface area contributed by atoms with Gasteiger partial charge in [0, 0.05) is 17.3 Å². The van der Waals surface area contributed by atoms with Gasteiger partial charge in [-0.3, -0.25) is 9.69 Å². The molecule has 4 heteroatoms. The number of rotatable bonds is 5. The Bertz CT molecular complexity index is 640. The molecular formula is C18H21ClN2O. The van der Waals surface area contributed by atoms with Crippen LogP contribution in [0, 0.1) is 6.92 Å². The van der Waals surface area contributed by atoms with Gasteiger partial charge in [-0.2, -0.15) is 0 Å². The summed E-state index contributed by atoms with van der Waals surface area (Å²) in [4.78, 5) is 14.3. The Morgan fingerprint density at radius 2 is 1.91 bits per heavy atom. The van der Waals surface area contributed by atoms with Crippen LogP contribution in [0.4, 0.5) is 5.69 Å². The Morgan fingerprint density at radius 1 is 1.23 bits per heavy atom. The van der Waals surface area contributed by atoms with Crippen molar-refractivity contribution >= 4 is 23.2 Å². The lowest BCUT2D eigenvalue weighted by atomic mass is 10.1. The minimum Gasteiger partial charge on any atom is -0.325 e. The Hall–Kier alpha value is -1.84. The van der Waals surface area contributed by atoms with E-state index in [1.807, 2.05) is 31.0 Å². The molecule has 0 aliphatic heterocycles. The van der Waals surface area contributed by atoms with Crippen LogP contribution in [0.3, 0.4) is 0 Å². The van der Waals surface area contributed by atoms with E-state index in [0.717, 1.165) is 6.54 Å². The quantitative estimate of drug-likeness (QED) is 0.900. The van der Waals surface area contributed by atoms with Crippen LogP contribution < -0.4 is 5.32 Å². The number of likely N-dealkylation sites (N-methyl/N-ethyl adjacent to an activating group) is 1. The molecule has 0 aliphatic rings. The molecular weight excluding hydrogens is 296 g/mol. The van der Waals surface area contributed by atoms with Crippen LogP contribution in [0.2, 0.25) is 5.02 Å². The molecule has 0 heterocycles. The van der Waals surface area contributed by atoms with E-state index >= 15 is 0 Å². The molecule has 2 aromatic carbocycles. The van der Waals surface area contributed by atoms with Crippen LogP contribution >= 0.6 is 11.6 Å². The summed E-state index contributed by atoms with van der Waals surface area (Å²) >= 11 is 5.93. The maximum atomic E-state index is 12.3. The SMILES string of the molecule is Cc1ccc(CN(C)C(C)C(=O)Nc2cccc(Cl)c2)cc1. The molecule has 0 fully saturated rings. The van der Waals surface area contributed by atoms with Crippen molar-refractivity contribution in [3.63, 3.8) is 0 Å². The highest BCUT2D eigenvalue weighted by Gasteiger charge is 2.18. The minimum absolute atomic E-state index is 0.0446. The van der Waals surface area contributed by atoms with Gasteiger partial charge in [-0.1, -0.05) is 47.5 Å². The van der Waals surface area contributed by atoms with Gasteiger partial charge in [0.05, 0.1) is 6.04 Å². The maximum absolute atomic E-state index is 12.3. The average Bonchev–Trinajstić information content (AvgIpc) is 2.48. The summed E-state index contributed by atoms with van der Waals surface area (Å²) in [5.41, 5.74) is 3.14. The van der Waals surface area contributed by atoms with Crippen molar-refractivity contribution in [3.05, 3.63) is 64.7 Å². The van der Waals surface area contributed by atoms with Crippen molar-refractivity contribution in [1.29, 1.82) is 0 Å². The molecule has 0 radical (unpaired) electrons. The number of nitrogens with one attached hydrogen (secondary N) is 1. The first-order valence-corrected chi connectivity index (χ1v) is 7.66. The molecule has 2 aromatic rings. The first kappa shape index (κ1) is 16.5. The predicted molar refractivity (Wildman–Crippen MR) is 92.2 cm³/mol. The summed E-state index contributed by atoms with van der Waals surface area (Å²) in [5, 5.41) is 3.50. The van der Waals surface area contributed by atoms with Gasteiger partial charge in [0.15, 0.2) is 0 Å². The number of hydrogen-bond acceptors (Lipinski definition) is 2. The second kappa shape index (κ2) is 7.43. The number of carbonyl (C=O) groups excluding carboxylic acids is 1. The summed E-state index contributed by atoms with van der Waals surface area (Å²) in [6, 6.07) is 15.3. The van der Waals surface area contributed by atoms with Crippen molar-refractivity contribution in [1.82, 2.24) is 4.90 Å². The van der Waals surface area contributed by atoms with Gasteiger partial charge < -0.3 is 5.32 Å². The normalized spacial score (nSPS) is 12.2. The summed E-state index contributed by atoms with van der Waals surface area (Å²) < 4.78 is 0. The fourth-order valence-electron chi connectivity index (χ4n) is 2.13. The van der Waals surface area contributed by atoms with Gasteiger partial charge >= 0.3 is 0 Å². The number of halogens is 1. The van der Waals surface area contributed by atoms with Crippen molar-refractivity contribution in [2.24, 2.45) is 0 Å². The number of nitrogens with zero attached hydrogens (tertiary/aromatic N) is 1. The Morgan fingerprint density at radius 3 is 2.55 bits per heavy atom. The van der Waals surface area contributed by atoms with Crippen molar-refractivity contribution in [2.75, 3.05) is 12.4 Å². The largest absolute Gasteiger partial charge is 0.325 e. The van der Waals surface area contributed by atoms with E-state index in [2.05, 4.69) is 36.5 Å². The van der Waals surface area contributed by atoms with Crippen LogP contribution in [0.15, 0.2) is 48.5 Å².